The predicted molar refractivity (Wildman–Crippen MR) is 61.0 cm³/mol. The molecule has 1 aliphatic rings. The maximum atomic E-state index is 13.3. The van der Waals surface area contributed by atoms with E-state index in [9.17, 15) is 9.50 Å². The van der Waals surface area contributed by atoms with E-state index in [0.717, 1.165) is 0 Å². The molecule has 0 radical (unpaired) electrons. The van der Waals surface area contributed by atoms with E-state index in [1.165, 1.54) is 6.92 Å². The van der Waals surface area contributed by atoms with E-state index < -0.39 is 12.3 Å². The minimum atomic E-state index is -1.13. The molecule has 0 aliphatic carbocycles. The molecule has 5 heteroatoms. The van der Waals surface area contributed by atoms with Gasteiger partial charge in [-0.2, -0.15) is 0 Å². The van der Waals surface area contributed by atoms with Gasteiger partial charge in [0.25, 0.3) is 0 Å². The van der Waals surface area contributed by atoms with E-state index in [-0.39, 0.29) is 6.54 Å². The first kappa shape index (κ1) is 12.1. The van der Waals surface area contributed by atoms with Gasteiger partial charge < -0.3 is 20.3 Å². The summed E-state index contributed by atoms with van der Waals surface area (Å²) in [7, 11) is 0. The van der Waals surface area contributed by atoms with E-state index in [0.29, 0.717) is 35.8 Å². The van der Waals surface area contributed by atoms with Gasteiger partial charge in [-0.3, -0.25) is 0 Å². The molecular formula is C12H16FNO3. The summed E-state index contributed by atoms with van der Waals surface area (Å²) < 4.78 is 24.2. The number of fused-ring (bicyclic) bond motifs is 1. The van der Waals surface area contributed by atoms with Crippen molar-refractivity contribution in [3.8, 4) is 11.5 Å². The van der Waals surface area contributed by atoms with Crippen molar-refractivity contribution in [3.05, 3.63) is 23.3 Å². The first-order chi connectivity index (χ1) is 8.13. The van der Waals surface area contributed by atoms with E-state index in [1.807, 2.05) is 0 Å². The first-order valence-electron chi connectivity index (χ1n) is 5.59. The molecule has 4 nitrogen and oxygen atoms in total. The molecule has 0 spiro atoms. The average Bonchev–Trinajstić information content (AvgIpc) is 2.36. The topological polar surface area (TPSA) is 64.7 Å². The standard InChI is InChI=1S/C12H16FNO3/c1-7(13)8-4-9(10(15)6-14)12-11(5-8)16-2-3-17-12/h4-5,7,10,15H,2-3,6,14H2,1H3. The quantitative estimate of drug-likeness (QED) is 0.841. The fourth-order valence-corrected chi connectivity index (χ4v) is 1.81. The minimum Gasteiger partial charge on any atom is -0.486 e. The molecule has 94 valence electrons. The van der Waals surface area contributed by atoms with Crippen LogP contribution in [0, 0.1) is 0 Å². The Hall–Kier alpha value is -1.33. The van der Waals surface area contributed by atoms with Gasteiger partial charge in [0.2, 0.25) is 0 Å². The Kier molecular flexibility index (Phi) is 3.49. The highest BCUT2D eigenvalue weighted by molar-refractivity contribution is 5.51. The smallest absolute Gasteiger partial charge is 0.167 e. The second-order valence-electron chi connectivity index (χ2n) is 4.00. The molecule has 17 heavy (non-hydrogen) atoms. The van der Waals surface area contributed by atoms with Crippen LogP contribution in [0.3, 0.4) is 0 Å². The Morgan fingerprint density at radius 1 is 1.41 bits per heavy atom. The van der Waals surface area contributed by atoms with Gasteiger partial charge in [0, 0.05) is 12.1 Å². The van der Waals surface area contributed by atoms with Crippen molar-refractivity contribution < 1.29 is 19.0 Å². The fourth-order valence-electron chi connectivity index (χ4n) is 1.81. The highest BCUT2D eigenvalue weighted by Gasteiger charge is 2.22. The number of alkyl halides is 1. The second-order valence-corrected chi connectivity index (χ2v) is 4.00. The van der Waals surface area contributed by atoms with E-state index in [4.69, 9.17) is 15.2 Å². The third kappa shape index (κ3) is 2.35. The lowest BCUT2D eigenvalue weighted by Gasteiger charge is -2.24. The first-order valence-corrected chi connectivity index (χ1v) is 5.59. The summed E-state index contributed by atoms with van der Waals surface area (Å²) in [5.74, 6) is 0.944. The van der Waals surface area contributed by atoms with Crippen molar-refractivity contribution in [3.63, 3.8) is 0 Å². The van der Waals surface area contributed by atoms with Crippen LogP contribution in [0.4, 0.5) is 4.39 Å². The highest BCUT2D eigenvalue weighted by atomic mass is 19.1. The normalized spacial score (nSPS) is 17.6. The highest BCUT2D eigenvalue weighted by Crippen LogP contribution is 2.39. The van der Waals surface area contributed by atoms with E-state index in [1.54, 1.807) is 12.1 Å². The molecule has 0 aromatic heterocycles. The van der Waals surface area contributed by atoms with Gasteiger partial charge in [-0.1, -0.05) is 0 Å². The number of hydrogen-bond donors (Lipinski definition) is 2. The Balaban J connectivity index is 2.50. The van der Waals surface area contributed by atoms with Crippen molar-refractivity contribution >= 4 is 0 Å². The molecule has 2 atom stereocenters. The van der Waals surface area contributed by atoms with Gasteiger partial charge in [-0.05, 0) is 24.6 Å². The summed E-state index contributed by atoms with van der Waals surface area (Å²) in [6.07, 6.45) is -2.00. The lowest BCUT2D eigenvalue weighted by Crippen LogP contribution is -2.20. The SMILES string of the molecule is CC(F)c1cc2c(c(C(O)CN)c1)OCCO2. The van der Waals surface area contributed by atoms with E-state index >= 15 is 0 Å². The van der Waals surface area contributed by atoms with Crippen LogP contribution in [0.25, 0.3) is 0 Å². The third-order valence-electron chi connectivity index (χ3n) is 2.73. The number of benzene rings is 1. The van der Waals surface area contributed by atoms with Crippen molar-refractivity contribution in [1.82, 2.24) is 0 Å². The third-order valence-corrected chi connectivity index (χ3v) is 2.73. The molecular weight excluding hydrogens is 225 g/mol. The number of aliphatic hydroxyl groups is 1. The van der Waals surface area contributed by atoms with Crippen LogP contribution in [0.5, 0.6) is 11.5 Å². The van der Waals surface area contributed by atoms with Gasteiger partial charge in [-0.25, -0.2) is 4.39 Å². The number of hydrogen-bond acceptors (Lipinski definition) is 4. The zero-order valence-corrected chi connectivity index (χ0v) is 9.65. The number of halogens is 1. The Morgan fingerprint density at radius 2 is 2.12 bits per heavy atom. The van der Waals surface area contributed by atoms with E-state index in [2.05, 4.69) is 0 Å². The summed E-state index contributed by atoms with van der Waals surface area (Å²) in [4.78, 5) is 0. The van der Waals surface area contributed by atoms with Crippen LogP contribution in [-0.4, -0.2) is 24.9 Å². The van der Waals surface area contributed by atoms with Crippen LogP contribution >= 0.6 is 0 Å². The van der Waals surface area contributed by atoms with Gasteiger partial charge in [0.15, 0.2) is 11.5 Å². The molecule has 2 rings (SSSR count). The van der Waals surface area contributed by atoms with Gasteiger partial charge in [-0.15, -0.1) is 0 Å². The van der Waals surface area contributed by atoms with Crippen LogP contribution in [0.1, 0.15) is 30.3 Å². The molecule has 1 aliphatic heterocycles. The van der Waals surface area contributed by atoms with Gasteiger partial charge >= 0.3 is 0 Å². The Morgan fingerprint density at radius 3 is 2.76 bits per heavy atom. The summed E-state index contributed by atoms with van der Waals surface area (Å²) in [5.41, 5.74) is 6.37. The zero-order valence-electron chi connectivity index (χ0n) is 9.65. The van der Waals surface area contributed by atoms with Crippen LogP contribution in [0.2, 0.25) is 0 Å². The number of aliphatic hydroxyl groups excluding tert-OH is 1. The molecule has 1 heterocycles. The summed E-state index contributed by atoms with van der Waals surface area (Å²) >= 11 is 0. The second kappa shape index (κ2) is 4.89. The van der Waals surface area contributed by atoms with Crippen molar-refractivity contribution in [1.29, 1.82) is 0 Å². The number of ether oxygens (including phenoxy) is 2. The predicted octanol–water partition coefficient (Wildman–Crippen LogP) is 1.48. The Bertz CT molecular complexity index is 409. The molecule has 0 bridgehead atoms. The lowest BCUT2D eigenvalue weighted by molar-refractivity contribution is 0.149. The molecule has 1 aromatic rings. The maximum absolute atomic E-state index is 13.3. The van der Waals surface area contributed by atoms with Crippen LogP contribution in [0.15, 0.2) is 12.1 Å². The Labute approximate surface area is 99.1 Å². The summed E-state index contributed by atoms with van der Waals surface area (Å²) in [6.45, 7) is 2.33. The summed E-state index contributed by atoms with van der Waals surface area (Å²) in [5, 5.41) is 9.81. The fraction of sp³-hybridized carbons (Fsp3) is 0.500. The molecule has 0 fully saturated rings. The van der Waals surface area contributed by atoms with Crippen molar-refractivity contribution in [2.45, 2.75) is 19.2 Å². The number of rotatable bonds is 3. The van der Waals surface area contributed by atoms with Crippen LogP contribution in [-0.2, 0) is 0 Å². The molecule has 1 aromatic carbocycles. The van der Waals surface area contributed by atoms with Crippen LogP contribution < -0.4 is 15.2 Å². The molecule has 3 N–H and O–H groups in total. The summed E-state index contributed by atoms with van der Waals surface area (Å²) in [6, 6.07) is 3.18. The largest absolute Gasteiger partial charge is 0.486 e. The zero-order chi connectivity index (χ0) is 12.4. The number of nitrogens with two attached hydrogens (primary N) is 1. The molecule has 0 amide bonds. The van der Waals surface area contributed by atoms with Crippen molar-refractivity contribution in [2.24, 2.45) is 5.73 Å². The minimum absolute atomic E-state index is 0.0555. The average molecular weight is 241 g/mol. The maximum Gasteiger partial charge on any atom is 0.167 e. The monoisotopic (exact) mass is 241 g/mol. The molecule has 0 saturated heterocycles. The van der Waals surface area contributed by atoms with Gasteiger partial charge in [0.05, 0.1) is 6.10 Å². The van der Waals surface area contributed by atoms with Gasteiger partial charge in [0.1, 0.15) is 19.4 Å². The molecule has 0 saturated carbocycles. The molecule has 2 unspecified atom stereocenters. The van der Waals surface area contributed by atoms with Crippen molar-refractivity contribution in [2.75, 3.05) is 19.8 Å². The lowest BCUT2D eigenvalue weighted by atomic mass is 10.0.